The van der Waals surface area contributed by atoms with Crippen molar-refractivity contribution in [3.63, 3.8) is 0 Å². The normalized spacial score (nSPS) is 15.5. The van der Waals surface area contributed by atoms with Gasteiger partial charge in [0.25, 0.3) is 5.69 Å². The number of benzene rings is 2. The number of nitro groups is 1. The molecular formula is C23H24ClN3O5. The summed E-state index contributed by atoms with van der Waals surface area (Å²) < 4.78 is 5.27. The van der Waals surface area contributed by atoms with Gasteiger partial charge in [-0.1, -0.05) is 35.9 Å². The second-order valence-electron chi connectivity index (χ2n) is 7.22. The molecule has 1 heterocycles. The Labute approximate surface area is 191 Å². The summed E-state index contributed by atoms with van der Waals surface area (Å²) in [5.74, 6) is -0.576. The molecule has 1 amide bonds. The highest BCUT2D eigenvalue weighted by molar-refractivity contribution is 6.30. The van der Waals surface area contributed by atoms with Crippen molar-refractivity contribution >= 4 is 35.2 Å². The molecule has 0 bridgehead atoms. The van der Waals surface area contributed by atoms with Crippen molar-refractivity contribution in [1.82, 2.24) is 9.80 Å². The third-order valence-electron chi connectivity index (χ3n) is 5.23. The zero-order valence-electron chi connectivity index (χ0n) is 17.6. The third-order valence-corrected chi connectivity index (χ3v) is 5.48. The minimum atomic E-state index is -0.577. The van der Waals surface area contributed by atoms with Gasteiger partial charge >= 0.3 is 5.97 Å². The first-order valence-electron chi connectivity index (χ1n) is 10.3. The number of esters is 1. The van der Waals surface area contributed by atoms with Crippen LogP contribution >= 0.6 is 11.6 Å². The average molecular weight is 458 g/mol. The Balaban J connectivity index is 1.67. The second kappa shape index (κ2) is 10.9. The summed E-state index contributed by atoms with van der Waals surface area (Å²) in [5, 5.41) is 11.7. The van der Waals surface area contributed by atoms with Crippen LogP contribution in [0.2, 0.25) is 5.02 Å². The van der Waals surface area contributed by atoms with Gasteiger partial charge in [0, 0.05) is 43.3 Å². The van der Waals surface area contributed by atoms with Gasteiger partial charge in [-0.3, -0.25) is 19.8 Å². The van der Waals surface area contributed by atoms with Crippen LogP contribution in [-0.4, -0.2) is 59.4 Å². The monoisotopic (exact) mass is 457 g/mol. The summed E-state index contributed by atoms with van der Waals surface area (Å²) in [4.78, 5) is 39.6. The van der Waals surface area contributed by atoms with Crippen LogP contribution in [0.25, 0.3) is 6.08 Å². The number of nitro benzene ring substituents is 1. The number of nitrogens with zero attached hydrogens (tertiary/aromatic N) is 3. The minimum absolute atomic E-state index is 0.0541. The van der Waals surface area contributed by atoms with E-state index in [1.54, 1.807) is 54.3 Å². The minimum Gasteiger partial charge on any atom is -0.465 e. The van der Waals surface area contributed by atoms with Gasteiger partial charge in [0.1, 0.15) is 6.04 Å². The molecule has 168 valence electrons. The summed E-state index contributed by atoms with van der Waals surface area (Å²) in [6.07, 6.45) is 2.81. The Morgan fingerprint density at radius 1 is 1.12 bits per heavy atom. The van der Waals surface area contributed by atoms with E-state index in [0.29, 0.717) is 36.8 Å². The SMILES string of the molecule is CCOC(=O)C(c1ccc(Cl)cc1)N1CCN(C(=O)/C=C/c2ccccc2[N+](=O)[O-])CC1. The fourth-order valence-electron chi connectivity index (χ4n) is 3.62. The molecule has 0 aromatic heterocycles. The lowest BCUT2D eigenvalue weighted by Crippen LogP contribution is -2.50. The van der Waals surface area contributed by atoms with Crippen molar-refractivity contribution in [3.05, 3.63) is 80.9 Å². The van der Waals surface area contributed by atoms with Crippen LogP contribution in [0.15, 0.2) is 54.6 Å². The highest BCUT2D eigenvalue weighted by Gasteiger charge is 2.32. The molecule has 1 aliphatic rings. The van der Waals surface area contributed by atoms with E-state index < -0.39 is 11.0 Å². The van der Waals surface area contributed by atoms with E-state index in [0.717, 1.165) is 5.56 Å². The van der Waals surface area contributed by atoms with Crippen molar-refractivity contribution in [2.75, 3.05) is 32.8 Å². The van der Waals surface area contributed by atoms with Crippen molar-refractivity contribution < 1.29 is 19.2 Å². The van der Waals surface area contributed by atoms with E-state index in [4.69, 9.17) is 16.3 Å². The molecule has 0 radical (unpaired) electrons. The van der Waals surface area contributed by atoms with Gasteiger partial charge in [0.05, 0.1) is 17.1 Å². The van der Waals surface area contributed by atoms with Crippen LogP contribution in [0.3, 0.4) is 0 Å². The predicted octanol–water partition coefficient (Wildman–Crippen LogP) is 3.71. The lowest BCUT2D eigenvalue weighted by molar-refractivity contribution is -0.385. The molecule has 2 aromatic rings. The molecule has 0 aliphatic carbocycles. The molecule has 1 atom stereocenters. The van der Waals surface area contributed by atoms with E-state index in [9.17, 15) is 19.7 Å². The maximum Gasteiger partial charge on any atom is 0.328 e. The van der Waals surface area contributed by atoms with Gasteiger partial charge in [-0.15, -0.1) is 0 Å². The second-order valence-corrected chi connectivity index (χ2v) is 7.65. The summed E-state index contributed by atoms with van der Waals surface area (Å²) in [6, 6.07) is 12.7. The number of carbonyl (C=O) groups excluding carboxylic acids is 2. The molecule has 2 aromatic carbocycles. The first kappa shape index (κ1) is 23.4. The lowest BCUT2D eigenvalue weighted by atomic mass is 10.0. The van der Waals surface area contributed by atoms with Crippen LogP contribution in [0.1, 0.15) is 24.1 Å². The zero-order chi connectivity index (χ0) is 23.1. The molecule has 32 heavy (non-hydrogen) atoms. The standard InChI is InChI=1S/C23H24ClN3O5/c1-2-32-23(29)22(18-7-10-19(24)11-8-18)26-15-13-25(14-16-26)21(28)12-9-17-5-3-4-6-20(17)27(30)31/h3-12,22H,2,13-16H2,1H3/b12-9+. The van der Waals surface area contributed by atoms with E-state index in [-0.39, 0.29) is 24.2 Å². The summed E-state index contributed by atoms with van der Waals surface area (Å²) in [7, 11) is 0. The van der Waals surface area contributed by atoms with Crippen molar-refractivity contribution in [2.24, 2.45) is 0 Å². The van der Waals surface area contributed by atoms with Crippen LogP contribution in [-0.2, 0) is 14.3 Å². The van der Waals surface area contributed by atoms with Crippen LogP contribution in [0.4, 0.5) is 5.69 Å². The quantitative estimate of drug-likeness (QED) is 0.272. The van der Waals surface area contributed by atoms with Crippen LogP contribution in [0, 0.1) is 10.1 Å². The van der Waals surface area contributed by atoms with E-state index >= 15 is 0 Å². The topological polar surface area (TPSA) is 93.0 Å². The molecule has 3 rings (SSSR count). The number of para-hydroxylation sites is 1. The zero-order valence-corrected chi connectivity index (χ0v) is 18.4. The van der Waals surface area contributed by atoms with Gasteiger partial charge in [-0.25, -0.2) is 4.79 Å². The smallest absolute Gasteiger partial charge is 0.328 e. The fraction of sp³-hybridized carbons (Fsp3) is 0.304. The van der Waals surface area contributed by atoms with E-state index in [1.807, 2.05) is 4.90 Å². The number of rotatable bonds is 7. The molecule has 1 fully saturated rings. The molecule has 9 heteroatoms. The molecule has 1 unspecified atom stereocenters. The maximum atomic E-state index is 12.6. The Kier molecular flexibility index (Phi) is 7.97. The molecule has 8 nitrogen and oxygen atoms in total. The van der Waals surface area contributed by atoms with Gasteiger partial charge in [-0.05, 0) is 36.8 Å². The Morgan fingerprint density at radius 2 is 1.78 bits per heavy atom. The first-order chi connectivity index (χ1) is 15.4. The Bertz CT molecular complexity index is 1000. The predicted molar refractivity (Wildman–Crippen MR) is 121 cm³/mol. The molecule has 0 N–H and O–H groups in total. The molecule has 0 spiro atoms. The number of amides is 1. The highest BCUT2D eigenvalue weighted by atomic mass is 35.5. The van der Waals surface area contributed by atoms with Crippen molar-refractivity contribution in [1.29, 1.82) is 0 Å². The Morgan fingerprint density at radius 3 is 2.41 bits per heavy atom. The summed E-state index contributed by atoms with van der Waals surface area (Å²) in [6.45, 7) is 3.84. The highest BCUT2D eigenvalue weighted by Crippen LogP contribution is 2.26. The largest absolute Gasteiger partial charge is 0.465 e. The maximum absolute atomic E-state index is 12.6. The van der Waals surface area contributed by atoms with Gasteiger partial charge in [0.2, 0.25) is 5.91 Å². The molecule has 1 saturated heterocycles. The first-order valence-corrected chi connectivity index (χ1v) is 10.6. The number of carbonyl (C=O) groups is 2. The molecule has 0 saturated carbocycles. The lowest BCUT2D eigenvalue weighted by Gasteiger charge is -2.38. The van der Waals surface area contributed by atoms with Crippen LogP contribution in [0.5, 0.6) is 0 Å². The summed E-state index contributed by atoms with van der Waals surface area (Å²) >= 11 is 5.98. The number of halogens is 1. The molecular weight excluding hydrogens is 434 g/mol. The number of ether oxygens (including phenoxy) is 1. The van der Waals surface area contributed by atoms with Crippen molar-refractivity contribution in [2.45, 2.75) is 13.0 Å². The Hall–Kier alpha value is -3.23. The van der Waals surface area contributed by atoms with E-state index in [1.165, 1.54) is 18.2 Å². The third kappa shape index (κ3) is 5.72. The van der Waals surface area contributed by atoms with Gasteiger partial charge in [-0.2, -0.15) is 0 Å². The van der Waals surface area contributed by atoms with Gasteiger partial charge < -0.3 is 9.64 Å². The number of hydrogen-bond acceptors (Lipinski definition) is 6. The number of hydrogen-bond donors (Lipinski definition) is 0. The number of piperazine rings is 1. The van der Waals surface area contributed by atoms with Gasteiger partial charge in [0.15, 0.2) is 0 Å². The van der Waals surface area contributed by atoms with E-state index in [2.05, 4.69) is 0 Å². The van der Waals surface area contributed by atoms with Crippen LogP contribution < -0.4 is 0 Å². The molecule has 1 aliphatic heterocycles. The fourth-order valence-corrected chi connectivity index (χ4v) is 3.75. The summed E-state index contributed by atoms with van der Waals surface area (Å²) in [5.41, 5.74) is 1.10. The van der Waals surface area contributed by atoms with Crippen molar-refractivity contribution in [3.8, 4) is 0 Å². The average Bonchev–Trinajstić information content (AvgIpc) is 2.79.